The summed E-state index contributed by atoms with van der Waals surface area (Å²) in [7, 11) is 0. The van der Waals surface area contributed by atoms with Crippen LogP contribution in [-0.4, -0.2) is 67.8 Å². The molecule has 0 aliphatic carbocycles. The number of benzene rings is 2. The Bertz CT molecular complexity index is 1030. The highest BCUT2D eigenvalue weighted by Gasteiger charge is 2.24. The number of aryl methyl sites for hydroxylation is 1. The van der Waals surface area contributed by atoms with Crippen molar-refractivity contribution in [2.75, 3.05) is 32.9 Å². The molecular weight excluding hydrogens is 448 g/mol. The lowest BCUT2D eigenvalue weighted by Crippen LogP contribution is -2.48. The van der Waals surface area contributed by atoms with Gasteiger partial charge in [0, 0.05) is 18.7 Å². The summed E-state index contributed by atoms with van der Waals surface area (Å²) in [4.78, 5) is 39.0. The number of morpholine rings is 1. The molecule has 1 fully saturated rings. The van der Waals surface area contributed by atoms with E-state index in [4.69, 9.17) is 9.47 Å². The van der Waals surface area contributed by atoms with Crippen LogP contribution in [0.5, 0.6) is 5.75 Å². The highest BCUT2D eigenvalue weighted by molar-refractivity contribution is 5.97. The van der Waals surface area contributed by atoms with E-state index in [1.54, 1.807) is 41.3 Å². The van der Waals surface area contributed by atoms with E-state index in [2.05, 4.69) is 15.8 Å². The Labute approximate surface area is 205 Å². The summed E-state index contributed by atoms with van der Waals surface area (Å²) in [6.07, 6.45) is 1.50. The third kappa shape index (κ3) is 7.92. The Morgan fingerprint density at radius 3 is 2.34 bits per heavy atom. The molecule has 0 radical (unpaired) electrons. The van der Waals surface area contributed by atoms with Crippen LogP contribution < -0.4 is 15.5 Å². The lowest BCUT2D eigenvalue weighted by atomic mass is 10.0. The van der Waals surface area contributed by atoms with Crippen molar-refractivity contribution < 1.29 is 23.9 Å². The standard InChI is InChI=1S/C26H32N4O5/c1-18(2)24(28-25(32)21-8-4-19(3)5-9-21)26(33)29-27-16-20-6-10-22(11-7-20)35-17-23(31)30-12-14-34-15-13-30/h4-11,16,18,24H,12-15,17H2,1-3H3,(H,28,32)(H,29,33)/b27-16+. The first-order valence-corrected chi connectivity index (χ1v) is 11.6. The van der Waals surface area contributed by atoms with Gasteiger partial charge in [-0.2, -0.15) is 5.10 Å². The summed E-state index contributed by atoms with van der Waals surface area (Å²) in [6.45, 7) is 7.87. The normalized spacial score (nSPS) is 14.6. The minimum Gasteiger partial charge on any atom is -0.484 e. The SMILES string of the molecule is Cc1ccc(C(=O)NC(C(=O)N/N=C/c2ccc(OCC(=O)N3CCOCC3)cc2)C(C)C)cc1. The van der Waals surface area contributed by atoms with Crippen LogP contribution in [0.2, 0.25) is 0 Å². The van der Waals surface area contributed by atoms with Crippen molar-refractivity contribution in [2.24, 2.45) is 11.0 Å². The van der Waals surface area contributed by atoms with Crippen molar-refractivity contribution in [1.82, 2.24) is 15.6 Å². The molecule has 9 nitrogen and oxygen atoms in total. The smallest absolute Gasteiger partial charge is 0.262 e. The number of hydrazone groups is 1. The molecule has 0 aromatic heterocycles. The number of carbonyl (C=O) groups is 3. The van der Waals surface area contributed by atoms with Gasteiger partial charge in [-0.1, -0.05) is 31.5 Å². The van der Waals surface area contributed by atoms with Crippen LogP contribution >= 0.6 is 0 Å². The fourth-order valence-corrected chi connectivity index (χ4v) is 3.40. The quantitative estimate of drug-likeness (QED) is 0.422. The highest BCUT2D eigenvalue weighted by atomic mass is 16.5. The van der Waals surface area contributed by atoms with E-state index in [1.807, 2.05) is 32.9 Å². The van der Waals surface area contributed by atoms with Crippen molar-refractivity contribution in [3.05, 3.63) is 65.2 Å². The van der Waals surface area contributed by atoms with E-state index in [0.29, 0.717) is 37.6 Å². The minimum atomic E-state index is -0.735. The summed E-state index contributed by atoms with van der Waals surface area (Å²) in [5, 5.41) is 6.79. The molecule has 2 aromatic rings. The van der Waals surface area contributed by atoms with Crippen LogP contribution in [-0.2, 0) is 14.3 Å². The van der Waals surface area contributed by atoms with Gasteiger partial charge in [-0.3, -0.25) is 14.4 Å². The van der Waals surface area contributed by atoms with Crippen molar-refractivity contribution in [2.45, 2.75) is 26.8 Å². The van der Waals surface area contributed by atoms with Crippen LogP contribution in [0.1, 0.15) is 35.3 Å². The molecule has 1 aliphatic rings. The van der Waals surface area contributed by atoms with Gasteiger partial charge in [0.1, 0.15) is 11.8 Å². The number of rotatable bonds is 9. The van der Waals surface area contributed by atoms with Gasteiger partial charge in [-0.25, -0.2) is 5.43 Å². The molecule has 1 saturated heterocycles. The molecule has 3 rings (SSSR count). The average Bonchev–Trinajstić information content (AvgIpc) is 2.87. The molecule has 0 bridgehead atoms. The first-order valence-electron chi connectivity index (χ1n) is 11.6. The number of amides is 3. The van der Waals surface area contributed by atoms with Gasteiger partial charge in [0.2, 0.25) is 0 Å². The second-order valence-electron chi connectivity index (χ2n) is 8.65. The Balaban J connectivity index is 1.48. The van der Waals surface area contributed by atoms with E-state index < -0.39 is 11.9 Å². The Morgan fingerprint density at radius 1 is 1.06 bits per heavy atom. The van der Waals surface area contributed by atoms with Crippen molar-refractivity contribution in [3.8, 4) is 5.75 Å². The Kier molecular flexibility index (Phi) is 9.37. The molecule has 1 unspecified atom stereocenters. The van der Waals surface area contributed by atoms with E-state index in [0.717, 1.165) is 11.1 Å². The molecule has 0 saturated carbocycles. The third-order valence-electron chi connectivity index (χ3n) is 5.54. The molecule has 1 aliphatic heterocycles. The number of hydrogen-bond acceptors (Lipinski definition) is 6. The molecule has 1 atom stereocenters. The maximum Gasteiger partial charge on any atom is 0.262 e. The average molecular weight is 481 g/mol. The van der Waals surface area contributed by atoms with Gasteiger partial charge < -0.3 is 19.7 Å². The second-order valence-corrected chi connectivity index (χ2v) is 8.65. The minimum absolute atomic E-state index is 0.0333. The highest BCUT2D eigenvalue weighted by Crippen LogP contribution is 2.12. The van der Waals surface area contributed by atoms with E-state index in [-0.39, 0.29) is 24.3 Å². The second kappa shape index (κ2) is 12.7. The first kappa shape index (κ1) is 25.9. The van der Waals surface area contributed by atoms with Crippen molar-refractivity contribution >= 4 is 23.9 Å². The molecule has 9 heteroatoms. The third-order valence-corrected chi connectivity index (χ3v) is 5.54. The summed E-state index contributed by atoms with van der Waals surface area (Å²) in [5.41, 5.74) is 4.77. The fraction of sp³-hybridized carbons (Fsp3) is 0.385. The molecule has 35 heavy (non-hydrogen) atoms. The lowest BCUT2D eigenvalue weighted by molar-refractivity contribution is -0.137. The predicted octanol–water partition coefficient (Wildman–Crippen LogP) is 2.14. The summed E-state index contributed by atoms with van der Waals surface area (Å²) in [5.74, 6) is -0.359. The van der Waals surface area contributed by atoms with Gasteiger partial charge in [0.05, 0.1) is 19.4 Å². The summed E-state index contributed by atoms with van der Waals surface area (Å²) in [6, 6.07) is 13.4. The van der Waals surface area contributed by atoms with Crippen LogP contribution in [0.15, 0.2) is 53.6 Å². The van der Waals surface area contributed by atoms with Gasteiger partial charge in [0.25, 0.3) is 17.7 Å². The van der Waals surface area contributed by atoms with Crippen LogP contribution in [0.3, 0.4) is 0 Å². The number of ether oxygens (including phenoxy) is 2. The monoisotopic (exact) mass is 480 g/mol. The summed E-state index contributed by atoms with van der Waals surface area (Å²) >= 11 is 0. The zero-order valence-electron chi connectivity index (χ0n) is 20.3. The Hall–Kier alpha value is -3.72. The van der Waals surface area contributed by atoms with Gasteiger partial charge in [0.15, 0.2) is 6.61 Å². The first-order chi connectivity index (χ1) is 16.8. The molecule has 2 aromatic carbocycles. The van der Waals surface area contributed by atoms with Crippen LogP contribution in [0.4, 0.5) is 0 Å². The maximum atomic E-state index is 12.6. The fourth-order valence-electron chi connectivity index (χ4n) is 3.40. The zero-order valence-corrected chi connectivity index (χ0v) is 20.3. The molecule has 186 valence electrons. The van der Waals surface area contributed by atoms with Crippen molar-refractivity contribution in [1.29, 1.82) is 0 Å². The van der Waals surface area contributed by atoms with Gasteiger partial charge >= 0.3 is 0 Å². The molecule has 0 spiro atoms. The van der Waals surface area contributed by atoms with Crippen molar-refractivity contribution in [3.63, 3.8) is 0 Å². The molecule has 3 amide bonds. The topological polar surface area (TPSA) is 109 Å². The number of nitrogens with zero attached hydrogens (tertiary/aromatic N) is 2. The Morgan fingerprint density at radius 2 is 1.71 bits per heavy atom. The molecule has 2 N–H and O–H groups in total. The summed E-state index contributed by atoms with van der Waals surface area (Å²) < 4.78 is 10.8. The predicted molar refractivity (Wildman–Crippen MR) is 132 cm³/mol. The number of nitrogens with one attached hydrogen (secondary N) is 2. The lowest BCUT2D eigenvalue weighted by Gasteiger charge is -2.26. The zero-order chi connectivity index (χ0) is 25.2. The number of hydrogen-bond donors (Lipinski definition) is 2. The largest absolute Gasteiger partial charge is 0.484 e. The number of carbonyl (C=O) groups excluding carboxylic acids is 3. The van der Waals surface area contributed by atoms with E-state index >= 15 is 0 Å². The van der Waals surface area contributed by atoms with E-state index in [9.17, 15) is 14.4 Å². The van der Waals surface area contributed by atoms with E-state index in [1.165, 1.54) is 6.21 Å². The van der Waals surface area contributed by atoms with Gasteiger partial charge in [-0.05, 0) is 54.8 Å². The molecule has 1 heterocycles. The van der Waals surface area contributed by atoms with Crippen LogP contribution in [0.25, 0.3) is 0 Å². The maximum absolute atomic E-state index is 12.6. The van der Waals surface area contributed by atoms with Crippen LogP contribution in [0, 0.1) is 12.8 Å². The van der Waals surface area contributed by atoms with Gasteiger partial charge in [-0.15, -0.1) is 0 Å². The molecular formula is C26H32N4O5.